The number of nitrogens with zero attached hydrogens (tertiary/aromatic N) is 3. The van der Waals surface area contributed by atoms with Crippen LogP contribution in [0.5, 0.6) is 0 Å². The number of benzene rings is 2. The monoisotopic (exact) mass is 504 g/mol. The molecular weight excluding hydrogens is 476 g/mol. The van der Waals surface area contributed by atoms with Crippen LogP contribution in [0.15, 0.2) is 60.7 Å². The normalized spacial score (nSPS) is 15.1. The van der Waals surface area contributed by atoms with Crippen LogP contribution in [0, 0.1) is 16.0 Å². The van der Waals surface area contributed by atoms with E-state index in [1.165, 1.54) is 17.0 Å². The van der Waals surface area contributed by atoms with E-state index < -0.39 is 28.9 Å². The van der Waals surface area contributed by atoms with Crippen LogP contribution in [0.1, 0.15) is 36.3 Å². The highest BCUT2D eigenvalue weighted by Gasteiger charge is 2.38. The Hall–Kier alpha value is -4.18. The molecule has 1 N–H and O–H groups in total. The largest absolute Gasteiger partial charge is 0.371 e. The summed E-state index contributed by atoms with van der Waals surface area (Å²) in [5, 5.41) is 14.6. The maximum absolute atomic E-state index is 13.5. The number of ether oxygens (including phenoxy) is 1. The Labute approximate surface area is 213 Å². The number of hydrogen-bond acceptors (Lipinski definition) is 7. The fourth-order valence-electron chi connectivity index (χ4n) is 4.29. The zero-order chi connectivity index (χ0) is 26.5. The van der Waals surface area contributed by atoms with Crippen molar-refractivity contribution in [1.82, 2.24) is 15.2 Å². The van der Waals surface area contributed by atoms with Gasteiger partial charge in [-0.3, -0.25) is 24.5 Å². The van der Waals surface area contributed by atoms with E-state index in [2.05, 4.69) is 10.3 Å². The Morgan fingerprint density at radius 1 is 1.11 bits per heavy atom. The number of para-hydroxylation sites is 1. The number of hydrogen-bond donors (Lipinski definition) is 1. The minimum absolute atomic E-state index is 0.00734. The first-order valence-electron chi connectivity index (χ1n) is 12.0. The lowest BCUT2D eigenvalue weighted by Gasteiger charge is -2.32. The number of non-ortho nitro benzene ring substituents is 1. The Morgan fingerprint density at radius 3 is 2.49 bits per heavy atom. The summed E-state index contributed by atoms with van der Waals surface area (Å²) < 4.78 is 6.13. The Bertz CT molecular complexity index is 1320. The molecular formula is C27H28N4O6. The van der Waals surface area contributed by atoms with E-state index >= 15 is 0 Å². The summed E-state index contributed by atoms with van der Waals surface area (Å²) in [4.78, 5) is 55.0. The number of carbonyl (C=O) groups excluding carboxylic acids is 3. The number of pyridine rings is 1. The molecule has 37 heavy (non-hydrogen) atoms. The first-order chi connectivity index (χ1) is 17.7. The van der Waals surface area contributed by atoms with Crippen LogP contribution in [0.2, 0.25) is 0 Å². The van der Waals surface area contributed by atoms with Gasteiger partial charge in [0.05, 0.1) is 29.7 Å². The standard InChI is InChI=1S/C27H28N4O6/c1-17(2)25(37-16-18-7-10-20(11-8-18)31(35)36)24(27(34)30-14-13-21(32)15-30)29-26(33)23-12-9-19-5-3-4-6-22(19)28-23/h3-12,17,24-25H,13-16H2,1-2H3,(H,29,33)/t24-,25?/m0/s1. The lowest BCUT2D eigenvalue weighted by Crippen LogP contribution is -2.56. The number of carbonyl (C=O) groups is 3. The topological polar surface area (TPSA) is 132 Å². The number of amides is 2. The zero-order valence-electron chi connectivity index (χ0n) is 20.6. The van der Waals surface area contributed by atoms with Crippen molar-refractivity contribution in [2.24, 2.45) is 5.92 Å². The predicted molar refractivity (Wildman–Crippen MR) is 136 cm³/mol. The smallest absolute Gasteiger partial charge is 0.270 e. The summed E-state index contributed by atoms with van der Waals surface area (Å²) >= 11 is 0. The Morgan fingerprint density at radius 2 is 1.84 bits per heavy atom. The summed E-state index contributed by atoms with van der Waals surface area (Å²) in [5.41, 5.74) is 1.46. The summed E-state index contributed by atoms with van der Waals surface area (Å²) in [6.07, 6.45) is -0.461. The van der Waals surface area contributed by atoms with E-state index in [-0.39, 0.29) is 49.2 Å². The molecule has 0 bridgehead atoms. The number of aromatic nitrogens is 1. The van der Waals surface area contributed by atoms with Gasteiger partial charge in [-0.15, -0.1) is 0 Å². The fraction of sp³-hybridized carbons (Fsp3) is 0.333. The van der Waals surface area contributed by atoms with Crippen LogP contribution in [-0.4, -0.2) is 57.6 Å². The van der Waals surface area contributed by atoms with E-state index in [0.29, 0.717) is 11.1 Å². The number of Topliss-reactive ketones (excluding diaryl/α,β-unsaturated/α-hetero) is 1. The average Bonchev–Trinajstić information content (AvgIpc) is 3.33. The van der Waals surface area contributed by atoms with Gasteiger partial charge >= 0.3 is 0 Å². The van der Waals surface area contributed by atoms with Gasteiger partial charge < -0.3 is 15.0 Å². The molecule has 3 aromatic rings. The number of nitro groups is 1. The van der Waals surface area contributed by atoms with Crippen molar-refractivity contribution >= 4 is 34.2 Å². The molecule has 192 valence electrons. The molecule has 0 radical (unpaired) electrons. The van der Waals surface area contributed by atoms with Crippen molar-refractivity contribution in [1.29, 1.82) is 0 Å². The molecule has 0 spiro atoms. The van der Waals surface area contributed by atoms with Crippen LogP contribution in [0.4, 0.5) is 5.69 Å². The van der Waals surface area contributed by atoms with Crippen LogP contribution >= 0.6 is 0 Å². The summed E-state index contributed by atoms with van der Waals surface area (Å²) in [7, 11) is 0. The van der Waals surface area contributed by atoms with Gasteiger partial charge in [-0.05, 0) is 35.7 Å². The highest BCUT2D eigenvalue weighted by atomic mass is 16.6. The van der Waals surface area contributed by atoms with Gasteiger partial charge in [-0.1, -0.05) is 38.1 Å². The average molecular weight is 505 g/mol. The predicted octanol–water partition coefficient (Wildman–Crippen LogP) is 3.28. The molecule has 1 unspecified atom stereocenters. The van der Waals surface area contributed by atoms with Gasteiger partial charge in [-0.2, -0.15) is 0 Å². The highest BCUT2D eigenvalue weighted by Crippen LogP contribution is 2.20. The van der Waals surface area contributed by atoms with E-state index in [4.69, 9.17) is 4.74 Å². The van der Waals surface area contributed by atoms with Gasteiger partial charge in [-0.25, -0.2) is 4.98 Å². The van der Waals surface area contributed by atoms with Crippen molar-refractivity contribution < 1.29 is 24.0 Å². The van der Waals surface area contributed by atoms with Crippen LogP contribution < -0.4 is 5.32 Å². The van der Waals surface area contributed by atoms with Gasteiger partial charge in [0.1, 0.15) is 11.7 Å². The van der Waals surface area contributed by atoms with Crippen LogP contribution in [-0.2, 0) is 20.9 Å². The Kier molecular flexibility index (Phi) is 7.88. The Balaban J connectivity index is 1.57. The molecule has 1 aromatic heterocycles. The molecule has 2 heterocycles. The number of fused-ring (bicyclic) bond motifs is 1. The van der Waals surface area contributed by atoms with Gasteiger partial charge in [0.25, 0.3) is 11.6 Å². The first-order valence-corrected chi connectivity index (χ1v) is 12.0. The lowest BCUT2D eigenvalue weighted by molar-refractivity contribution is -0.384. The molecule has 10 heteroatoms. The maximum Gasteiger partial charge on any atom is 0.270 e. The van der Waals surface area contributed by atoms with Crippen LogP contribution in [0.25, 0.3) is 10.9 Å². The molecule has 2 aromatic carbocycles. The van der Waals surface area contributed by atoms with E-state index in [9.17, 15) is 24.5 Å². The van der Waals surface area contributed by atoms with Crippen molar-refractivity contribution in [3.63, 3.8) is 0 Å². The molecule has 2 atom stereocenters. The highest BCUT2D eigenvalue weighted by molar-refractivity contribution is 5.99. The number of rotatable bonds is 9. The van der Waals surface area contributed by atoms with Gasteiger partial charge in [0.15, 0.2) is 5.78 Å². The molecule has 0 saturated carbocycles. The molecule has 1 fully saturated rings. The molecule has 1 aliphatic heterocycles. The third kappa shape index (κ3) is 6.15. The summed E-state index contributed by atoms with van der Waals surface area (Å²) in [6, 6.07) is 15.7. The van der Waals surface area contributed by atoms with Crippen molar-refractivity contribution in [2.45, 2.75) is 39.0 Å². The number of nitro benzene ring substituents is 1. The van der Waals surface area contributed by atoms with Gasteiger partial charge in [0, 0.05) is 30.5 Å². The second-order valence-corrected chi connectivity index (χ2v) is 9.33. The molecule has 2 amide bonds. The quantitative estimate of drug-likeness (QED) is 0.349. The van der Waals surface area contributed by atoms with Crippen molar-refractivity contribution in [3.8, 4) is 0 Å². The minimum atomic E-state index is -1.07. The SMILES string of the molecule is CC(C)C(OCc1ccc([N+](=O)[O-])cc1)[C@H](NC(=O)c1ccc2ccccc2n1)C(=O)N1CCC(=O)C1. The number of likely N-dealkylation sites (tertiary alicyclic amines) is 1. The second-order valence-electron chi connectivity index (χ2n) is 9.33. The molecule has 1 saturated heterocycles. The van der Waals surface area contributed by atoms with Crippen molar-refractivity contribution in [3.05, 3.63) is 82.0 Å². The number of nitrogens with one attached hydrogen (secondary N) is 1. The molecule has 0 aliphatic carbocycles. The first kappa shape index (κ1) is 25.9. The summed E-state index contributed by atoms with van der Waals surface area (Å²) in [6.45, 7) is 4.10. The van der Waals surface area contributed by atoms with Crippen molar-refractivity contribution in [2.75, 3.05) is 13.1 Å². The summed E-state index contributed by atoms with van der Waals surface area (Å²) in [5.74, 6) is -1.15. The third-order valence-corrected chi connectivity index (χ3v) is 6.30. The number of ketones is 1. The van der Waals surface area contributed by atoms with Crippen LogP contribution in [0.3, 0.4) is 0 Å². The zero-order valence-corrected chi connectivity index (χ0v) is 20.6. The van der Waals surface area contributed by atoms with E-state index in [1.54, 1.807) is 30.3 Å². The second kappa shape index (κ2) is 11.3. The molecule has 10 nitrogen and oxygen atoms in total. The van der Waals surface area contributed by atoms with E-state index in [1.807, 2.05) is 32.0 Å². The lowest BCUT2D eigenvalue weighted by atomic mass is 9.97. The molecule has 1 aliphatic rings. The van der Waals surface area contributed by atoms with Gasteiger partial charge in [0.2, 0.25) is 5.91 Å². The maximum atomic E-state index is 13.5. The van der Waals surface area contributed by atoms with E-state index in [0.717, 1.165) is 5.39 Å². The fourth-order valence-corrected chi connectivity index (χ4v) is 4.29. The third-order valence-electron chi connectivity index (χ3n) is 6.30. The minimum Gasteiger partial charge on any atom is -0.371 e. The molecule has 4 rings (SSSR count).